The van der Waals surface area contributed by atoms with Crippen LogP contribution in [0, 0.1) is 5.92 Å². The van der Waals surface area contributed by atoms with Gasteiger partial charge in [-0.1, -0.05) is 30.3 Å². The summed E-state index contributed by atoms with van der Waals surface area (Å²) in [6.07, 6.45) is 4.68. The van der Waals surface area contributed by atoms with Crippen LogP contribution in [0.2, 0.25) is 0 Å². The summed E-state index contributed by atoms with van der Waals surface area (Å²) in [5.74, 6) is -0.0247. The van der Waals surface area contributed by atoms with Crippen LogP contribution in [0.5, 0.6) is 0 Å². The van der Waals surface area contributed by atoms with E-state index in [2.05, 4.69) is 5.32 Å². The topological polar surface area (TPSA) is 114 Å². The van der Waals surface area contributed by atoms with Crippen molar-refractivity contribution in [1.82, 2.24) is 15.1 Å². The van der Waals surface area contributed by atoms with Crippen molar-refractivity contribution in [3.05, 3.63) is 35.9 Å². The molecule has 2 saturated heterocycles. The zero-order chi connectivity index (χ0) is 23.2. The SMILES string of the molecule is N[C@H](C(=O)N1CCCC1)[C@H]1CC[C@@H](NC(=O)[C@H]2COCN2C(=O)OCc2ccccc2)CC1. The molecule has 9 heteroatoms. The molecule has 33 heavy (non-hydrogen) atoms. The summed E-state index contributed by atoms with van der Waals surface area (Å²) in [7, 11) is 0. The minimum Gasteiger partial charge on any atom is -0.444 e. The summed E-state index contributed by atoms with van der Waals surface area (Å²) < 4.78 is 10.7. The van der Waals surface area contributed by atoms with Gasteiger partial charge in [0.05, 0.1) is 12.6 Å². The summed E-state index contributed by atoms with van der Waals surface area (Å²) in [6.45, 7) is 1.95. The third-order valence-electron chi connectivity index (χ3n) is 6.95. The number of hydrogen-bond donors (Lipinski definition) is 2. The molecule has 3 fully saturated rings. The van der Waals surface area contributed by atoms with Gasteiger partial charge in [0, 0.05) is 19.1 Å². The molecule has 0 spiro atoms. The van der Waals surface area contributed by atoms with E-state index >= 15 is 0 Å². The predicted octanol–water partition coefficient (Wildman–Crippen LogP) is 1.61. The molecule has 1 aromatic carbocycles. The zero-order valence-corrected chi connectivity index (χ0v) is 19.0. The van der Waals surface area contributed by atoms with Crippen LogP contribution in [0.15, 0.2) is 30.3 Å². The molecule has 2 aliphatic heterocycles. The Labute approximate surface area is 194 Å². The Morgan fingerprint density at radius 2 is 1.79 bits per heavy atom. The van der Waals surface area contributed by atoms with Crippen molar-refractivity contribution in [1.29, 1.82) is 0 Å². The molecule has 1 saturated carbocycles. The van der Waals surface area contributed by atoms with Crippen molar-refractivity contribution in [2.75, 3.05) is 26.4 Å². The molecule has 0 bridgehead atoms. The van der Waals surface area contributed by atoms with Crippen LogP contribution < -0.4 is 11.1 Å². The van der Waals surface area contributed by atoms with E-state index in [-0.39, 0.29) is 43.7 Å². The largest absolute Gasteiger partial charge is 0.444 e. The molecule has 4 rings (SSSR count). The van der Waals surface area contributed by atoms with E-state index in [1.807, 2.05) is 35.2 Å². The molecular formula is C24H34N4O5. The van der Waals surface area contributed by atoms with E-state index in [1.165, 1.54) is 4.90 Å². The highest BCUT2D eigenvalue weighted by Gasteiger charge is 2.38. The molecule has 3 aliphatic rings. The molecule has 0 radical (unpaired) electrons. The predicted molar refractivity (Wildman–Crippen MR) is 121 cm³/mol. The number of benzene rings is 1. The van der Waals surface area contributed by atoms with Crippen molar-refractivity contribution < 1.29 is 23.9 Å². The molecule has 180 valence electrons. The third-order valence-corrected chi connectivity index (χ3v) is 6.95. The Hall–Kier alpha value is -2.65. The normalized spacial score (nSPS) is 26.2. The fourth-order valence-electron chi connectivity index (χ4n) is 4.91. The van der Waals surface area contributed by atoms with Crippen LogP contribution in [0.4, 0.5) is 4.79 Å². The van der Waals surface area contributed by atoms with Gasteiger partial charge in [-0.25, -0.2) is 4.79 Å². The smallest absolute Gasteiger partial charge is 0.412 e. The molecule has 2 atom stereocenters. The van der Waals surface area contributed by atoms with Crippen LogP contribution in [-0.4, -0.2) is 72.3 Å². The second kappa shape index (κ2) is 11.0. The lowest BCUT2D eigenvalue weighted by atomic mass is 9.81. The molecule has 0 unspecified atom stereocenters. The van der Waals surface area contributed by atoms with Crippen molar-refractivity contribution >= 4 is 17.9 Å². The molecule has 3 N–H and O–H groups in total. The number of rotatable bonds is 6. The van der Waals surface area contributed by atoms with Gasteiger partial charge in [-0.2, -0.15) is 0 Å². The van der Waals surface area contributed by atoms with Crippen molar-refractivity contribution in [3.63, 3.8) is 0 Å². The van der Waals surface area contributed by atoms with E-state index < -0.39 is 18.2 Å². The van der Waals surface area contributed by atoms with Crippen LogP contribution in [0.25, 0.3) is 0 Å². The summed E-state index contributed by atoms with van der Waals surface area (Å²) in [5.41, 5.74) is 7.17. The Morgan fingerprint density at radius 3 is 2.48 bits per heavy atom. The van der Waals surface area contributed by atoms with E-state index in [0.717, 1.165) is 57.2 Å². The number of carbonyl (C=O) groups excluding carboxylic acids is 3. The minimum absolute atomic E-state index is 0.00521. The van der Waals surface area contributed by atoms with Crippen molar-refractivity contribution in [3.8, 4) is 0 Å². The van der Waals surface area contributed by atoms with Gasteiger partial charge in [-0.3, -0.25) is 14.5 Å². The van der Waals surface area contributed by atoms with Crippen molar-refractivity contribution in [2.45, 2.75) is 63.3 Å². The minimum atomic E-state index is -0.704. The maximum atomic E-state index is 12.9. The van der Waals surface area contributed by atoms with Crippen LogP contribution in [0.3, 0.4) is 0 Å². The van der Waals surface area contributed by atoms with Gasteiger partial charge in [0.25, 0.3) is 0 Å². The van der Waals surface area contributed by atoms with Crippen LogP contribution in [-0.2, 0) is 25.7 Å². The van der Waals surface area contributed by atoms with Gasteiger partial charge >= 0.3 is 6.09 Å². The number of nitrogens with zero attached hydrogens (tertiary/aromatic N) is 2. The number of amides is 3. The Balaban J connectivity index is 1.22. The van der Waals surface area contributed by atoms with Gasteiger partial charge in [-0.05, 0) is 50.0 Å². The molecule has 3 amide bonds. The number of nitrogens with two attached hydrogens (primary N) is 1. The Bertz CT molecular complexity index is 821. The monoisotopic (exact) mass is 458 g/mol. The fraction of sp³-hybridized carbons (Fsp3) is 0.625. The van der Waals surface area contributed by atoms with Gasteiger partial charge in [0.1, 0.15) is 19.4 Å². The number of ether oxygens (including phenoxy) is 2. The maximum Gasteiger partial charge on any atom is 0.412 e. The fourth-order valence-corrected chi connectivity index (χ4v) is 4.91. The quantitative estimate of drug-likeness (QED) is 0.669. The first kappa shape index (κ1) is 23.5. The summed E-state index contributed by atoms with van der Waals surface area (Å²) in [4.78, 5) is 41.2. The molecule has 9 nitrogen and oxygen atoms in total. The molecule has 1 aromatic rings. The first-order valence-corrected chi connectivity index (χ1v) is 11.9. The average Bonchev–Trinajstić information content (AvgIpc) is 3.55. The third kappa shape index (κ3) is 5.83. The second-order valence-corrected chi connectivity index (χ2v) is 9.20. The first-order valence-electron chi connectivity index (χ1n) is 11.9. The standard InChI is InChI=1S/C24H34N4O5/c25-21(23(30)27-12-4-5-13-27)18-8-10-19(11-9-18)26-22(29)20-15-32-16-28(20)24(31)33-14-17-6-2-1-3-7-17/h1-3,6-7,18-21H,4-5,8-16,25H2,(H,26,29)/t18-,19+,20-,21+/m1/s1. The van der Waals surface area contributed by atoms with Gasteiger partial charge in [-0.15, -0.1) is 0 Å². The second-order valence-electron chi connectivity index (χ2n) is 9.20. The van der Waals surface area contributed by atoms with Crippen LogP contribution in [0.1, 0.15) is 44.1 Å². The first-order chi connectivity index (χ1) is 16.0. The van der Waals surface area contributed by atoms with Gasteiger partial charge in [0.15, 0.2) is 0 Å². The van der Waals surface area contributed by atoms with Gasteiger partial charge in [0.2, 0.25) is 11.8 Å². The number of likely N-dealkylation sites (tertiary alicyclic amines) is 1. The Kier molecular flexibility index (Phi) is 7.82. The molecule has 1 aliphatic carbocycles. The summed E-state index contributed by atoms with van der Waals surface area (Å²) >= 11 is 0. The highest BCUT2D eigenvalue weighted by molar-refractivity contribution is 5.86. The summed E-state index contributed by atoms with van der Waals surface area (Å²) in [5, 5.41) is 3.06. The van der Waals surface area contributed by atoms with E-state index in [0.29, 0.717) is 0 Å². The number of hydrogen-bond acceptors (Lipinski definition) is 6. The lowest BCUT2D eigenvalue weighted by molar-refractivity contribution is -0.133. The van der Waals surface area contributed by atoms with E-state index in [9.17, 15) is 14.4 Å². The maximum absolute atomic E-state index is 12.9. The van der Waals surface area contributed by atoms with Crippen molar-refractivity contribution in [2.24, 2.45) is 11.7 Å². The zero-order valence-electron chi connectivity index (χ0n) is 19.0. The average molecular weight is 459 g/mol. The van der Waals surface area contributed by atoms with E-state index in [4.69, 9.17) is 15.2 Å². The highest BCUT2D eigenvalue weighted by atomic mass is 16.6. The lowest BCUT2D eigenvalue weighted by Gasteiger charge is -2.34. The lowest BCUT2D eigenvalue weighted by Crippen LogP contribution is -2.52. The molecule has 2 heterocycles. The highest BCUT2D eigenvalue weighted by Crippen LogP contribution is 2.28. The van der Waals surface area contributed by atoms with Crippen LogP contribution >= 0.6 is 0 Å². The summed E-state index contributed by atoms with van der Waals surface area (Å²) in [6, 6.07) is 8.24. The molecular weight excluding hydrogens is 424 g/mol. The Morgan fingerprint density at radius 1 is 1.09 bits per heavy atom. The van der Waals surface area contributed by atoms with E-state index in [1.54, 1.807) is 0 Å². The number of nitrogens with one attached hydrogen (secondary N) is 1. The number of carbonyl (C=O) groups is 3. The molecule has 0 aromatic heterocycles. The van der Waals surface area contributed by atoms with Gasteiger partial charge < -0.3 is 25.4 Å².